The SMILES string of the molecule is Cc1cc(NC(=O)c2cccc(C(=O)N3CCN(C)CC3)c2)no1. The molecule has 0 radical (unpaired) electrons. The summed E-state index contributed by atoms with van der Waals surface area (Å²) in [6, 6.07) is 8.37. The number of piperazine rings is 1. The van der Waals surface area contributed by atoms with Crippen molar-refractivity contribution in [2.45, 2.75) is 6.92 Å². The Morgan fingerprint density at radius 1 is 1.12 bits per heavy atom. The van der Waals surface area contributed by atoms with E-state index in [1.807, 2.05) is 11.9 Å². The fourth-order valence-electron chi connectivity index (χ4n) is 2.60. The van der Waals surface area contributed by atoms with Crippen molar-refractivity contribution in [2.24, 2.45) is 0 Å². The van der Waals surface area contributed by atoms with Crippen molar-refractivity contribution < 1.29 is 14.1 Å². The first kappa shape index (κ1) is 16.2. The van der Waals surface area contributed by atoms with Gasteiger partial charge in [-0.15, -0.1) is 0 Å². The van der Waals surface area contributed by atoms with Crippen LogP contribution < -0.4 is 5.32 Å². The quantitative estimate of drug-likeness (QED) is 0.926. The summed E-state index contributed by atoms with van der Waals surface area (Å²) in [5, 5.41) is 6.39. The lowest BCUT2D eigenvalue weighted by Gasteiger charge is -2.32. The van der Waals surface area contributed by atoms with Crippen LogP contribution in [0.15, 0.2) is 34.9 Å². The van der Waals surface area contributed by atoms with Gasteiger partial charge in [-0.2, -0.15) is 0 Å². The fourth-order valence-corrected chi connectivity index (χ4v) is 2.60. The minimum Gasteiger partial charge on any atom is -0.360 e. The number of rotatable bonds is 3. The molecule has 0 saturated carbocycles. The van der Waals surface area contributed by atoms with E-state index in [1.165, 1.54) is 0 Å². The van der Waals surface area contributed by atoms with Crippen LogP contribution in [0.5, 0.6) is 0 Å². The monoisotopic (exact) mass is 328 g/mol. The van der Waals surface area contributed by atoms with E-state index in [0.29, 0.717) is 35.8 Å². The highest BCUT2D eigenvalue weighted by atomic mass is 16.5. The number of benzene rings is 1. The number of hydrogen-bond donors (Lipinski definition) is 1. The van der Waals surface area contributed by atoms with Crippen LogP contribution in [0, 0.1) is 6.92 Å². The molecule has 2 amide bonds. The smallest absolute Gasteiger partial charge is 0.256 e. The molecule has 1 saturated heterocycles. The van der Waals surface area contributed by atoms with Crippen LogP contribution in [0.3, 0.4) is 0 Å². The minimum absolute atomic E-state index is 0.0463. The molecule has 2 aromatic rings. The molecule has 1 aliphatic rings. The van der Waals surface area contributed by atoms with Crippen LogP contribution in [0.1, 0.15) is 26.5 Å². The van der Waals surface area contributed by atoms with Crippen LogP contribution in [0.2, 0.25) is 0 Å². The Balaban J connectivity index is 1.71. The molecular weight excluding hydrogens is 308 g/mol. The molecule has 1 aromatic heterocycles. The summed E-state index contributed by atoms with van der Waals surface area (Å²) in [4.78, 5) is 28.9. The maximum absolute atomic E-state index is 12.6. The third-order valence-electron chi connectivity index (χ3n) is 4.03. The molecule has 3 rings (SSSR count). The third kappa shape index (κ3) is 3.62. The van der Waals surface area contributed by atoms with Gasteiger partial charge in [0.25, 0.3) is 11.8 Å². The van der Waals surface area contributed by atoms with Gasteiger partial charge >= 0.3 is 0 Å². The predicted octanol–water partition coefficient (Wildman–Crippen LogP) is 1.62. The molecule has 1 N–H and O–H groups in total. The van der Waals surface area contributed by atoms with Gasteiger partial charge < -0.3 is 19.6 Å². The number of nitrogens with zero attached hydrogens (tertiary/aromatic N) is 3. The molecule has 1 aromatic carbocycles. The third-order valence-corrected chi connectivity index (χ3v) is 4.03. The Morgan fingerprint density at radius 2 is 1.83 bits per heavy atom. The number of carbonyl (C=O) groups excluding carboxylic acids is 2. The fraction of sp³-hybridized carbons (Fsp3) is 0.353. The summed E-state index contributed by atoms with van der Waals surface area (Å²) >= 11 is 0. The molecule has 24 heavy (non-hydrogen) atoms. The van der Waals surface area contributed by atoms with E-state index in [4.69, 9.17) is 4.52 Å². The number of nitrogens with one attached hydrogen (secondary N) is 1. The molecule has 2 heterocycles. The molecule has 1 fully saturated rings. The number of anilines is 1. The number of aromatic nitrogens is 1. The highest BCUT2D eigenvalue weighted by Gasteiger charge is 2.21. The zero-order chi connectivity index (χ0) is 17.1. The average molecular weight is 328 g/mol. The summed E-state index contributed by atoms with van der Waals surface area (Å²) in [7, 11) is 2.04. The van der Waals surface area contributed by atoms with Gasteiger partial charge in [0.2, 0.25) is 0 Å². The molecule has 7 nitrogen and oxygen atoms in total. The van der Waals surface area contributed by atoms with Crippen LogP contribution in [0.25, 0.3) is 0 Å². The molecule has 0 spiro atoms. The second-order valence-electron chi connectivity index (χ2n) is 5.95. The lowest BCUT2D eigenvalue weighted by molar-refractivity contribution is 0.0664. The normalized spacial score (nSPS) is 15.3. The van der Waals surface area contributed by atoms with Crippen LogP contribution in [-0.2, 0) is 0 Å². The number of carbonyl (C=O) groups is 2. The molecular formula is C17H20N4O3. The van der Waals surface area contributed by atoms with Gasteiger partial charge in [-0.1, -0.05) is 11.2 Å². The molecule has 0 bridgehead atoms. The topological polar surface area (TPSA) is 78.7 Å². The Bertz CT molecular complexity index is 748. The number of amides is 2. The molecule has 0 unspecified atom stereocenters. The minimum atomic E-state index is -0.323. The highest BCUT2D eigenvalue weighted by Crippen LogP contribution is 2.13. The standard InChI is InChI=1S/C17H20N4O3/c1-12-10-15(19-24-12)18-16(22)13-4-3-5-14(11-13)17(23)21-8-6-20(2)7-9-21/h3-5,10-11H,6-9H2,1-2H3,(H,18,19,22). The molecule has 7 heteroatoms. The van der Waals surface area contributed by atoms with Crippen molar-refractivity contribution in [3.05, 3.63) is 47.2 Å². The van der Waals surface area contributed by atoms with Crippen LogP contribution >= 0.6 is 0 Å². The van der Waals surface area contributed by atoms with E-state index in [0.717, 1.165) is 13.1 Å². The Hall–Kier alpha value is -2.67. The lowest BCUT2D eigenvalue weighted by Crippen LogP contribution is -2.47. The van der Waals surface area contributed by atoms with Gasteiger partial charge in [-0.25, -0.2) is 0 Å². The molecule has 1 aliphatic heterocycles. The zero-order valence-electron chi connectivity index (χ0n) is 13.8. The Labute approximate surface area is 140 Å². The van der Waals surface area contributed by atoms with Gasteiger partial charge in [-0.05, 0) is 32.2 Å². The maximum atomic E-state index is 12.6. The van der Waals surface area contributed by atoms with Crippen LogP contribution in [-0.4, -0.2) is 60.0 Å². The van der Waals surface area contributed by atoms with Gasteiger partial charge in [0.05, 0.1) is 0 Å². The average Bonchev–Trinajstić information content (AvgIpc) is 3.00. The van der Waals surface area contributed by atoms with Gasteiger partial charge in [0.15, 0.2) is 5.82 Å². The molecule has 0 atom stereocenters. The Kier molecular flexibility index (Phi) is 4.61. The predicted molar refractivity (Wildman–Crippen MR) is 89.0 cm³/mol. The van der Waals surface area contributed by atoms with Crippen molar-refractivity contribution in [2.75, 3.05) is 38.5 Å². The summed E-state index contributed by atoms with van der Waals surface area (Å²) in [6.45, 7) is 4.86. The van der Waals surface area contributed by atoms with E-state index in [1.54, 1.807) is 37.3 Å². The first-order chi connectivity index (χ1) is 11.5. The summed E-state index contributed by atoms with van der Waals surface area (Å²) < 4.78 is 4.92. The van der Waals surface area contributed by atoms with Crippen LogP contribution in [0.4, 0.5) is 5.82 Å². The summed E-state index contributed by atoms with van der Waals surface area (Å²) in [5.74, 6) is 0.601. The first-order valence-corrected chi connectivity index (χ1v) is 7.85. The Morgan fingerprint density at radius 3 is 2.50 bits per heavy atom. The van der Waals surface area contributed by atoms with Crippen molar-refractivity contribution in [3.8, 4) is 0 Å². The van der Waals surface area contributed by atoms with Crippen molar-refractivity contribution in [1.82, 2.24) is 15.0 Å². The molecule has 0 aliphatic carbocycles. The number of likely N-dealkylation sites (N-methyl/N-ethyl adjacent to an activating group) is 1. The first-order valence-electron chi connectivity index (χ1n) is 7.85. The van der Waals surface area contributed by atoms with E-state index < -0.39 is 0 Å². The van der Waals surface area contributed by atoms with Crippen molar-refractivity contribution in [1.29, 1.82) is 0 Å². The highest BCUT2D eigenvalue weighted by molar-refractivity contribution is 6.05. The zero-order valence-corrected chi connectivity index (χ0v) is 13.8. The van der Waals surface area contributed by atoms with Crippen molar-refractivity contribution in [3.63, 3.8) is 0 Å². The van der Waals surface area contributed by atoms with Gasteiger partial charge in [-0.3, -0.25) is 9.59 Å². The second-order valence-corrected chi connectivity index (χ2v) is 5.95. The van der Waals surface area contributed by atoms with E-state index in [9.17, 15) is 9.59 Å². The van der Waals surface area contributed by atoms with Gasteiger partial charge in [0.1, 0.15) is 5.76 Å². The van der Waals surface area contributed by atoms with E-state index in [2.05, 4.69) is 15.4 Å². The van der Waals surface area contributed by atoms with Gasteiger partial charge in [0, 0.05) is 43.4 Å². The molecule has 126 valence electrons. The maximum Gasteiger partial charge on any atom is 0.256 e. The largest absolute Gasteiger partial charge is 0.360 e. The summed E-state index contributed by atoms with van der Waals surface area (Å²) in [6.07, 6.45) is 0. The van der Waals surface area contributed by atoms with E-state index >= 15 is 0 Å². The number of aryl methyl sites for hydroxylation is 1. The van der Waals surface area contributed by atoms with Crippen molar-refractivity contribution >= 4 is 17.6 Å². The number of hydrogen-bond acceptors (Lipinski definition) is 5. The summed E-state index contributed by atoms with van der Waals surface area (Å²) in [5.41, 5.74) is 0.930. The lowest BCUT2D eigenvalue weighted by atomic mass is 10.1. The van der Waals surface area contributed by atoms with E-state index in [-0.39, 0.29) is 11.8 Å². The second kappa shape index (κ2) is 6.84.